The number of carboxylic acid groups (broad SMARTS) is 1. The van der Waals surface area contributed by atoms with Crippen molar-refractivity contribution in [1.29, 1.82) is 0 Å². The lowest BCUT2D eigenvalue weighted by Crippen LogP contribution is -2.12. The average Bonchev–Trinajstić information content (AvgIpc) is 3.54. The zero-order valence-corrected chi connectivity index (χ0v) is 27.5. The van der Waals surface area contributed by atoms with Gasteiger partial charge in [0.05, 0.1) is 36.7 Å². The van der Waals surface area contributed by atoms with E-state index in [4.69, 9.17) is 19.3 Å². The van der Waals surface area contributed by atoms with Crippen LogP contribution < -0.4 is 10.1 Å². The molecule has 46 heavy (non-hydrogen) atoms. The molecule has 0 spiro atoms. The summed E-state index contributed by atoms with van der Waals surface area (Å²) in [6.45, 7) is 8.85. The third-order valence-electron chi connectivity index (χ3n) is 8.42. The molecule has 0 atom stereocenters. The number of para-hydroxylation sites is 1. The van der Waals surface area contributed by atoms with Crippen molar-refractivity contribution in [3.05, 3.63) is 83.3 Å². The highest BCUT2D eigenvalue weighted by Crippen LogP contribution is 2.39. The minimum Gasteiger partial charge on any atom is -0.493 e. The summed E-state index contributed by atoms with van der Waals surface area (Å²) in [7, 11) is 3.59. The van der Waals surface area contributed by atoms with Crippen LogP contribution in [0.15, 0.2) is 60.7 Å². The predicted molar refractivity (Wildman–Crippen MR) is 183 cm³/mol. The third kappa shape index (κ3) is 7.12. The molecule has 9 heteroatoms. The van der Waals surface area contributed by atoms with Crippen molar-refractivity contribution in [2.45, 2.75) is 59.3 Å². The second kappa shape index (κ2) is 15.9. The summed E-state index contributed by atoms with van der Waals surface area (Å²) in [5.74, 6) is -0.0653. The summed E-state index contributed by atoms with van der Waals surface area (Å²) in [4.78, 5) is 12.8. The van der Waals surface area contributed by atoms with Gasteiger partial charge in [-0.2, -0.15) is 5.10 Å². The Morgan fingerprint density at radius 2 is 1.78 bits per heavy atom. The zero-order chi connectivity index (χ0) is 32.5. The second-order valence-corrected chi connectivity index (χ2v) is 11.5. The average molecular weight is 627 g/mol. The maximum Gasteiger partial charge on any atom is 0.352 e. The van der Waals surface area contributed by atoms with Crippen LogP contribution in [0, 0.1) is 0 Å². The van der Waals surface area contributed by atoms with Gasteiger partial charge in [0, 0.05) is 49.2 Å². The van der Waals surface area contributed by atoms with E-state index in [2.05, 4.69) is 43.4 Å². The molecule has 3 aromatic carbocycles. The van der Waals surface area contributed by atoms with Crippen LogP contribution in [0.3, 0.4) is 0 Å². The number of ether oxygens (including phenoxy) is 3. The molecule has 9 nitrogen and oxygen atoms in total. The molecule has 2 aromatic heterocycles. The van der Waals surface area contributed by atoms with Crippen LogP contribution in [0.2, 0.25) is 0 Å². The summed E-state index contributed by atoms with van der Waals surface area (Å²) in [6.07, 6.45) is 2.93. The summed E-state index contributed by atoms with van der Waals surface area (Å²) in [5.41, 5.74) is 5.84. The fourth-order valence-corrected chi connectivity index (χ4v) is 6.38. The molecule has 0 bridgehead atoms. The van der Waals surface area contributed by atoms with Gasteiger partial charge in [-0.05, 0) is 55.8 Å². The number of methoxy groups -OCH3 is 1. The normalized spacial score (nSPS) is 13.1. The van der Waals surface area contributed by atoms with Gasteiger partial charge in [0.25, 0.3) is 0 Å². The highest BCUT2D eigenvalue weighted by atomic mass is 16.5. The van der Waals surface area contributed by atoms with E-state index in [-0.39, 0.29) is 0 Å². The third-order valence-corrected chi connectivity index (χ3v) is 8.42. The maximum atomic E-state index is 12.8. The molecular weight excluding hydrogens is 580 g/mol. The molecule has 1 aliphatic heterocycles. The van der Waals surface area contributed by atoms with Gasteiger partial charge in [0.2, 0.25) is 0 Å². The highest BCUT2D eigenvalue weighted by Gasteiger charge is 2.27. The van der Waals surface area contributed by atoms with Crippen molar-refractivity contribution in [2.24, 2.45) is 7.05 Å². The van der Waals surface area contributed by atoms with E-state index < -0.39 is 5.97 Å². The van der Waals surface area contributed by atoms with Crippen LogP contribution in [-0.4, -0.2) is 58.8 Å². The lowest BCUT2D eigenvalue weighted by Gasteiger charge is -2.13. The van der Waals surface area contributed by atoms with Crippen molar-refractivity contribution in [3.63, 3.8) is 0 Å². The first-order valence-electron chi connectivity index (χ1n) is 16.3. The number of benzene rings is 3. The Bertz CT molecular complexity index is 1770. The quantitative estimate of drug-likeness (QED) is 0.161. The van der Waals surface area contributed by atoms with Crippen LogP contribution in [0.25, 0.3) is 32.8 Å². The number of fused-ring (bicyclic) bond motifs is 3. The Labute approximate surface area is 271 Å². The van der Waals surface area contributed by atoms with Gasteiger partial charge in [0.15, 0.2) is 0 Å². The Morgan fingerprint density at radius 3 is 2.54 bits per heavy atom. The number of hydrogen-bond donors (Lipinski definition) is 2. The van der Waals surface area contributed by atoms with Crippen LogP contribution in [0.1, 0.15) is 60.5 Å². The lowest BCUT2D eigenvalue weighted by molar-refractivity contribution is 0.0683. The summed E-state index contributed by atoms with van der Waals surface area (Å²) in [6, 6.07) is 20.4. The first kappa shape index (κ1) is 33.2. The smallest absolute Gasteiger partial charge is 0.352 e. The van der Waals surface area contributed by atoms with Gasteiger partial charge < -0.3 is 29.2 Å². The van der Waals surface area contributed by atoms with Crippen molar-refractivity contribution >= 4 is 27.6 Å². The summed E-state index contributed by atoms with van der Waals surface area (Å²) in [5, 5.41) is 21.6. The first-order valence-corrected chi connectivity index (χ1v) is 16.3. The fourth-order valence-electron chi connectivity index (χ4n) is 6.38. The summed E-state index contributed by atoms with van der Waals surface area (Å²) < 4.78 is 21.6. The van der Waals surface area contributed by atoms with E-state index in [1.807, 2.05) is 52.7 Å². The molecule has 0 saturated heterocycles. The van der Waals surface area contributed by atoms with Gasteiger partial charge in [0.1, 0.15) is 11.4 Å². The Balaban J connectivity index is 0.000000775. The van der Waals surface area contributed by atoms with Crippen molar-refractivity contribution < 1.29 is 24.1 Å². The van der Waals surface area contributed by atoms with Crippen molar-refractivity contribution in [3.8, 4) is 16.9 Å². The standard InChI is InChI=1S/C33H35N3O5.C4H11N/c1-35-28(21-39-2)30-26-14-8-13-24-25(15-9-19-41-29-16-7-11-22-10-3-4-12-23(22)29)32(33(37)38)36(31(24)26)17-5-6-18-40-20-27(30)34-35;1-3-5-4-2/h3-4,7-8,10-14,16H,5-6,9,15,17-21H2,1-2H3,(H,37,38);5H,3-4H2,1-2H3. The van der Waals surface area contributed by atoms with E-state index in [1.54, 1.807) is 7.11 Å². The number of aromatic nitrogens is 3. The molecule has 1 aliphatic rings. The molecule has 0 amide bonds. The predicted octanol–water partition coefficient (Wildman–Crippen LogP) is 6.98. The molecule has 0 radical (unpaired) electrons. The van der Waals surface area contributed by atoms with Gasteiger partial charge in [-0.3, -0.25) is 4.68 Å². The Morgan fingerprint density at radius 1 is 1.02 bits per heavy atom. The molecule has 6 rings (SSSR count). The lowest BCUT2D eigenvalue weighted by atomic mass is 9.98. The number of rotatable bonds is 10. The van der Waals surface area contributed by atoms with E-state index >= 15 is 0 Å². The number of carbonyl (C=O) groups is 1. The fraction of sp³-hybridized carbons (Fsp3) is 0.405. The van der Waals surface area contributed by atoms with Gasteiger partial charge in [-0.15, -0.1) is 0 Å². The molecule has 3 heterocycles. The molecule has 244 valence electrons. The van der Waals surface area contributed by atoms with Crippen molar-refractivity contribution in [1.82, 2.24) is 19.7 Å². The van der Waals surface area contributed by atoms with E-state index in [0.717, 1.165) is 81.4 Å². The summed E-state index contributed by atoms with van der Waals surface area (Å²) >= 11 is 0. The Kier molecular flexibility index (Phi) is 11.5. The maximum absolute atomic E-state index is 12.8. The minimum absolute atomic E-state index is 0.358. The number of nitrogens with zero attached hydrogens (tertiary/aromatic N) is 3. The second-order valence-electron chi connectivity index (χ2n) is 11.5. The van der Waals surface area contributed by atoms with Crippen LogP contribution in [-0.2, 0) is 42.7 Å². The molecule has 0 unspecified atom stereocenters. The topological polar surface area (TPSA) is 99.8 Å². The van der Waals surface area contributed by atoms with Gasteiger partial charge >= 0.3 is 5.97 Å². The number of carboxylic acids is 1. The highest BCUT2D eigenvalue weighted by molar-refractivity contribution is 6.04. The molecule has 2 N–H and O–H groups in total. The minimum atomic E-state index is -0.910. The zero-order valence-electron chi connectivity index (χ0n) is 27.5. The SMILES string of the molecule is CCNCC.COCc1c2c(nn1C)COCCCCn1c(C(=O)O)c(CCCOc3cccc4ccccc34)c3cccc-2c31. The molecule has 0 aliphatic carbocycles. The van der Waals surface area contributed by atoms with Crippen LogP contribution >= 0.6 is 0 Å². The molecule has 5 aromatic rings. The largest absolute Gasteiger partial charge is 0.493 e. The molecule has 0 fully saturated rings. The van der Waals surface area contributed by atoms with E-state index in [0.29, 0.717) is 51.5 Å². The van der Waals surface area contributed by atoms with Crippen LogP contribution in [0.5, 0.6) is 5.75 Å². The molecule has 0 saturated carbocycles. The number of hydrogen-bond acceptors (Lipinski definition) is 6. The number of aromatic carboxylic acids is 1. The van der Waals surface area contributed by atoms with Gasteiger partial charge in [-0.1, -0.05) is 68.4 Å². The van der Waals surface area contributed by atoms with Crippen molar-refractivity contribution in [2.75, 3.05) is 33.4 Å². The van der Waals surface area contributed by atoms with E-state index in [1.165, 1.54) is 0 Å². The van der Waals surface area contributed by atoms with E-state index in [9.17, 15) is 9.90 Å². The first-order chi connectivity index (χ1) is 22.5. The van der Waals surface area contributed by atoms with Crippen LogP contribution in [0.4, 0.5) is 0 Å². The van der Waals surface area contributed by atoms with Gasteiger partial charge in [-0.25, -0.2) is 4.79 Å². The number of aryl methyl sites for hydroxylation is 3. The molecular formula is C37H46N4O5. The number of nitrogens with one attached hydrogen (secondary N) is 1. The monoisotopic (exact) mass is 626 g/mol. The Hall–Kier alpha value is -4.18.